The molecule has 0 amide bonds. The van der Waals surface area contributed by atoms with Gasteiger partial charge in [0.05, 0.1) is 11.8 Å². The van der Waals surface area contributed by atoms with Crippen molar-refractivity contribution in [1.82, 2.24) is 14.5 Å². The van der Waals surface area contributed by atoms with Crippen LogP contribution in [0.3, 0.4) is 0 Å². The van der Waals surface area contributed by atoms with Crippen molar-refractivity contribution in [3.05, 3.63) is 199 Å². The summed E-state index contributed by atoms with van der Waals surface area (Å²) < 4.78 is 35.0. The van der Waals surface area contributed by atoms with Crippen LogP contribution in [0, 0.1) is 19.0 Å². The molecule has 0 aliphatic rings. The number of hydrogen-bond acceptors (Lipinski definition) is 3. The molecule has 1 radical (unpaired) electrons. The Morgan fingerprint density at radius 3 is 2.09 bits per heavy atom. The van der Waals surface area contributed by atoms with Gasteiger partial charge in [-0.05, 0) is 67.8 Å². The van der Waals surface area contributed by atoms with Crippen molar-refractivity contribution in [3.8, 4) is 39.5 Å². The minimum absolute atomic E-state index is 0. The largest absolute Gasteiger partial charge is 0 e. The molecule has 0 aliphatic heterocycles. The fourth-order valence-corrected chi connectivity index (χ4v) is 12.1. The third kappa shape index (κ3) is 9.05. The summed E-state index contributed by atoms with van der Waals surface area (Å²) in [4.78, 5) is 9.94. The number of fused-ring (bicyclic) bond motifs is 4. The number of aryl methyl sites for hydroxylation is 1. The van der Waals surface area contributed by atoms with Gasteiger partial charge in [-0.1, -0.05) is 66.0 Å². The van der Waals surface area contributed by atoms with E-state index in [0.29, 0.717) is 5.56 Å². The van der Waals surface area contributed by atoms with E-state index in [0.717, 1.165) is 61.4 Å². The van der Waals surface area contributed by atoms with Crippen LogP contribution in [0.4, 0.5) is 0 Å². The summed E-state index contributed by atoms with van der Waals surface area (Å²) in [5.41, 5.74) is 12.1. The Balaban J connectivity index is 0.000000188. The number of hydrogen-bond donors (Lipinski definition) is 0. The topological polar surface area (TPSA) is 47.7 Å². The second-order valence-electron chi connectivity index (χ2n) is 19.0. The predicted molar refractivity (Wildman–Crippen MR) is 268 cm³/mol. The number of aromatic nitrogens is 4. The predicted octanol–water partition coefficient (Wildman–Crippen LogP) is 13.8. The molecule has 0 atom stereocenters. The molecule has 0 bridgehead atoms. The molecule has 65 heavy (non-hydrogen) atoms. The molecule has 10 rings (SSSR count). The van der Waals surface area contributed by atoms with Gasteiger partial charge in [-0.2, -0.15) is 0 Å². The van der Waals surface area contributed by atoms with Gasteiger partial charge in [-0.15, -0.1) is 18.2 Å². The molecule has 5 nitrogen and oxygen atoms in total. The van der Waals surface area contributed by atoms with E-state index in [2.05, 4.69) is 182 Å². The van der Waals surface area contributed by atoms with Crippen molar-refractivity contribution in [2.24, 2.45) is 0 Å². The van der Waals surface area contributed by atoms with E-state index in [1.54, 1.807) is 12.1 Å². The van der Waals surface area contributed by atoms with E-state index < -0.39 is 20.1 Å². The van der Waals surface area contributed by atoms with E-state index in [-0.39, 0.29) is 31.1 Å². The van der Waals surface area contributed by atoms with E-state index in [4.69, 9.17) is 18.5 Å². The van der Waals surface area contributed by atoms with Gasteiger partial charge in [0.1, 0.15) is 22.3 Å². The number of benzene rings is 6. The smallest absolute Gasteiger partial charge is 0 e. The van der Waals surface area contributed by atoms with Crippen LogP contribution in [-0.4, -0.2) is 27.8 Å². The monoisotopic (exact) mass is 1090 g/mol. The second-order valence-corrected chi connectivity index (χ2v) is 29.6. The Kier molecular flexibility index (Phi) is 11.7. The summed E-state index contributed by atoms with van der Waals surface area (Å²) in [6, 6.07) is 59.9. The molecule has 0 saturated carbocycles. The van der Waals surface area contributed by atoms with Crippen molar-refractivity contribution in [2.75, 3.05) is 0 Å². The van der Waals surface area contributed by atoms with Gasteiger partial charge in [0.25, 0.3) is 0 Å². The second kappa shape index (κ2) is 18.2. The average Bonchev–Trinajstić information content (AvgIpc) is 3.91. The van der Waals surface area contributed by atoms with Gasteiger partial charge in [0.2, 0.25) is 0 Å². The molecule has 327 valence electrons. The van der Waals surface area contributed by atoms with Crippen LogP contribution in [0.1, 0.15) is 55.4 Å². The molecule has 6 aromatic carbocycles. The zero-order chi connectivity index (χ0) is 47.3. The zero-order valence-electron chi connectivity index (χ0n) is 41.2. The van der Waals surface area contributed by atoms with Gasteiger partial charge >= 0.3 is 171 Å². The third-order valence-electron chi connectivity index (χ3n) is 12.1. The Morgan fingerprint density at radius 2 is 1.42 bits per heavy atom. The maximum atomic E-state index is 7.56. The number of furan rings is 1. The molecule has 0 N–H and O–H groups in total. The minimum atomic E-state index is -2.18. The van der Waals surface area contributed by atoms with Crippen LogP contribution >= 0.6 is 0 Å². The summed E-state index contributed by atoms with van der Waals surface area (Å²) in [5, 5.41) is 2.16. The summed E-state index contributed by atoms with van der Waals surface area (Å²) in [7, 11) is 0. The number of pyridine rings is 2. The Bertz CT molecular complexity index is 3370. The van der Waals surface area contributed by atoms with Gasteiger partial charge in [-0.3, -0.25) is 0 Å². The van der Waals surface area contributed by atoms with Gasteiger partial charge < -0.3 is 4.42 Å². The Labute approximate surface area is 404 Å². The van der Waals surface area contributed by atoms with Crippen molar-refractivity contribution in [1.29, 1.82) is 0 Å². The summed E-state index contributed by atoms with van der Waals surface area (Å²) in [6.07, 6.45) is 4.18. The quantitative estimate of drug-likeness (QED) is 0.0908. The number of nitrogens with zero attached hydrogens (tertiary/aromatic N) is 4. The molecule has 0 saturated heterocycles. The van der Waals surface area contributed by atoms with Crippen LogP contribution in [-0.2, 0) is 31.1 Å². The molecule has 0 aliphatic carbocycles. The fourth-order valence-electron chi connectivity index (χ4n) is 8.62. The Hall–Kier alpha value is -5.92. The normalized spacial score (nSPS) is 12.8. The van der Waals surface area contributed by atoms with E-state index in [1.807, 2.05) is 48.7 Å². The molecule has 0 spiro atoms. The van der Waals surface area contributed by atoms with Crippen LogP contribution < -0.4 is 8.96 Å². The first-order valence-electron chi connectivity index (χ1n) is 23.4. The van der Waals surface area contributed by atoms with Gasteiger partial charge in [0.15, 0.2) is 5.82 Å². The minimum Gasteiger partial charge on any atom is 0 e. The Morgan fingerprint density at radius 1 is 0.723 bits per heavy atom. The van der Waals surface area contributed by atoms with Crippen molar-refractivity contribution < 1.29 is 33.2 Å². The van der Waals surface area contributed by atoms with Crippen molar-refractivity contribution in [2.45, 2.75) is 69.7 Å². The van der Waals surface area contributed by atoms with Gasteiger partial charge in [-0.25, -0.2) is 14.1 Å². The van der Waals surface area contributed by atoms with E-state index in [1.165, 1.54) is 26.6 Å². The molecular weight excluding hydrogens is 1030 g/mol. The van der Waals surface area contributed by atoms with Gasteiger partial charge in [0, 0.05) is 25.5 Å². The molecule has 0 unspecified atom stereocenters. The van der Waals surface area contributed by atoms with Crippen molar-refractivity contribution in [3.63, 3.8) is 0 Å². The average molecular weight is 1090 g/mol. The van der Waals surface area contributed by atoms with Crippen LogP contribution in [0.2, 0.25) is 17.3 Å². The zero-order valence-corrected chi connectivity index (χ0v) is 42.7. The van der Waals surface area contributed by atoms with E-state index >= 15 is 0 Å². The maximum absolute atomic E-state index is 7.56. The van der Waals surface area contributed by atoms with Crippen LogP contribution in [0.15, 0.2) is 175 Å². The third-order valence-corrected chi connectivity index (χ3v) is 16.3. The first-order chi connectivity index (χ1) is 31.9. The maximum Gasteiger partial charge on any atom is 0 e. The standard InChI is InChI=1S/C34H27N3O.C24H28GeN.Ir/c1-34(2,3)36-22-10-16-29-33(36)37(25-20-18-24(19-21-25)23-11-5-4-6-12-23)32(35-29)28-15-9-14-27-26-13-7-8-17-30(26)38-31(27)28;1-18-12-14-19(15-13-18)23-16-21(22(17-26-23)25(4,5)6)24(2,3)20-10-8-7-9-11-20;/h4-14,16-22H,1-3H3;7-14,16-17H,1-6H3;/q;-1;/i;1D3;. The summed E-state index contributed by atoms with van der Waals surface area (Å²) in [5.74, 6) is 7.97. The molecule has 10 aromatic rings. The number of para-hydroxylation sites is 1. The van der Waals surface area contributed by atoms with Crippen molar-refractivity contribution >= 4 is 50.8 Å². The van der Waals surface area contributed by atoms with E-state index in [9.17, 15) is 0 Å². The molecular formula is C58H55GeIrN4O-. The van der Waals surface area contributed by atoms with Crippen LogP contribution in [0.5, 0.6) is 0 Å². The molecule has 7 heteroatoms. The summed E-state index contributed by atoms with van der Waals surface area (Å²) in [6.45, 7) is 9.06. The first kappa shape index (κ1) is 41.8. The summed E-state index contributed by atoms with van der Waals surface area (Å²) >= 11 is -2.18. The molecule has 0 fully saturated rings. The SMILES string of the molecule is CC(C)(C)[n+]1cccc2nc(-c3[c-]ccc4c3oc3ccccc34)n(-c3ccc(-c4ccccc4)cc3)c21.[2H]C([2H])([2H])c1c[c-]c(-c2cc(C(C)(C)c3ccccc3)[c]([Ge]([CH3])([CH3])[CH3])cn2)cc1.[Ir]. The fraction of sp³-hybridized carbons (Fsp3) is 0.190. The number of imidazole rings is 1. The molecule has 4 aromatic heterocycles. The first-order valence-corrected chi connectivity index (χ1v) is 29.2. The van der Waals surface area contributed by atoms with Crippen LogP contribution in [0.25, 0.3) is 72.6 Å². The molecule has 4 heterocycles. The number of rotatable bonds is 7.